The van der Waals surface area contributed by atoms with Gasteiger partial charge in [0.2, 0.25) is 0 Å². The number of nitrogens with zero attached hydrogens (tertiary/aromatic N) is 1. The monoisotopic (exact) mass is 298 g/mol. The van der Waals surface area contributed by atoms with Crippen LogP contribution >= 0.6 is 0 Å². The Hall–Kier alpha value is -2.03. The van der Waals surface area contributed by atoms with Crippen LogP contribution in [0.2, 0.25) is 0 Å². The van der Waals surface area contributed by atoms with Gasteiger partial charge in [-0.2, -0.15) is 0 Å². The highest BCUT2D eigenvalue weighted by molar-refractivity contribution is 5.74. The fraction of sp³-hybridized carbons (Fsp3) is 0.368. The molecule has 3 rings (SSSR count). The van der Waals surface area contributed by atoms with Gasteiger partial charge in [-0.15, -0.1) is 0 Å². The van der Waals surface area contributed by atoms with Crippen LogP contribution in [0.15, 0.2) is 42.5 Å². The molecule has 0 aromatic heterocycles. The molecule has 1 aliphatic rings. The Morgan fingerprint density at radius 1 is 1.18 bits per heavy atom. The SMILES string of the molecule is CCCN1CCCc2cccc(NCc3cccc(F)c3)c21. The molecule has 0 saturated heterocycles. The quantitative estimate of drug-likeness (QED) is 0.868. The number of anilines is 2. The molecular formula is C19H23FN2. The van der Waals surface area contributed by atoms with E-state index in [0.29, 0.717) is 6.54 Å². The van der Waals surface area contributed by atoms with E-state index in [9.17, 15) is 4.39 Å². The Balaban J connectivity index is 1.82. The van der Waals surface area contributed by atoms with Gasteiger partial charge < -0.3 is 10.2 Å². The summed E-state index contributed by atoms with van der Waals surface area (Å²) in [5, 5.41) is 3.50. The summed E-state index contributed by atoms with van der Waals surface area (Å²) in [6, 6.07) is 13.3. The van der Waals surface area contributed by atoms with Crippen molar-refractivity contribution in [2.75, 3.05) is 23.3 Å². The molecule has 0 spiro atoms. The van der Waals surface area contributed by atoms with Crippen molar-refractivity contribution in [3.63, 3.8) is 0 Å². The molecule has 1 heterocycles. The predicted octanol–water partition coefficient (Wildman–Crippen LogP) is 4.60. The van der Waals surface area contributed by atoms with Crippen LogP contribution in [-0.4, -0.2) is 13.1 Å². The smallest absolute Gasteiger partial charge is 0.123 e. The largest absolute Gasteiger partial charge is 0.379 e. The van der Waals surface area contributed by atoms with Crippen LogP contribution in [0, 0.1) is 5.82 Å². The number of rotatable bonds is 5. The summed E-state index contributed by atoms with van der Waals surface area (Å²) in [7, 11) is 0. The zero-order valence-corrected chi connectivity index (χ0v) is 13.1. The molecule has 0 radical (unpaired) electrons. The summed E-state index contributed by atoms with van der Waals surface area (Å²) in [6.07, 6.45) is 3.52. The number of benzene rings is 2. The summed E-state index contributed by atoms with van der Waals surface area (Å²) < 4.78 is 13.3. The Kier molecular flexibility index (Phi) is 4.62. The van der Waals surface area contributed by atoms with E-state index < -0.39 is 0 Å². The van der Waals surface area contributed by atoms with Crippen LogP contribution in [0.4, 0.5) is 15.8 Å². The van der Waals surface area contributed by atoms with Gasteiger partial charge in [0.1, 0.15) is 5.82 Å². The lowest BCUT2D eigenvalue weighted by Crippen LogP contribution is -2.30. The summed E-state index contributed by atoms with van der Waals surface area (Å²) >= 11 is 0. The van der Waals surface area contributed by atoms with Crippen LogP contribution in [0.5, 0.6) is 0 Å². The Morgan fingerprint density at radius 3 is 2.86 bits per heavy atom. The van der Waals surface area contributed by atoms with E-state index in [1.165, 1.54) is 23.7 Å². The first-order chi connectivity index (χ1) is 10.8. The Labute approximate surface area is 132 Å². The normalized spacial score (nSPS) is 13.8. The van der Waals surface area contributed by atoms with Crippen LogP contribution in [0.3, 0.4) is 0 Å². The minimum Gasteiger partial charge on any atom is -0.379 e. The molecule has 2 aromatic rings. The topological polar surface area (TPSA) is 15.3 Å². The third-order valence-electron chi connectivity index (χ3n) is 4.18. The number of nitrogens with one attached hydrogen (secondary N) is 1. The lowest BCUT2D eigenvalue weighted by molar-refractivity contribution is 0.626. The van der Waals surface area contributed by atoms with Crippen molar-refractivity contribution in [2.24, 2.45) is 0 Å². The number of para-hydroxylation sites is 1. The van der Waals surface area contributed by atoms with Gasteiger partial charge in [0, 0.05) is 19.6 Å². The Morgan fingerprint density at radius 2 is 2.05 bits per heavy atom. The van der Waals surface area contributed by atoms with Gasteiger partial charge in [0.15, 0.2) is 0 Å². The number of fused-ring (bicyclic) bond motifs is 1. The van der Waals surface area contributed by atoms with Gasteiger partial charge in [-0.25, -0.2) is 4.39 Å². The van der Waals surface area contributed by atoms with Gasteiger partial charge in [0.05, 0.1) is 11.4 Å². The van der Waals surface area contributed by atoms with E-state index in [-0.39, 0.29) is 5.82 Å². The van der Waals surface area contributed by atoms with Gasteiger partial charge in [-0.05, 0) is 48.6 Å². The average molecular weight is 298 g/mol. The molecule has 0 amide bonds. The van der Waals surface area contributed by atoms with E-state index in [0.717, 1.165) is 37.2 Å². The fourth-order valence-electron chi connectivity index (χ4n) is 3.22. The number of halogens is 1. The summed E-state index contributed by atoms with van der Waals surface area (Å²) in [6.45, 7) is 5.08. The van der Waals surface area contributed by atoms with Crippen molar-refractivity contribution in [2.45, 2.75) is 32.7 Å². The second-order valence-electron chi connectivity index (χ2n) is 5.89. The van der Waals surface area contributed by atoms with E-state index >= 15 is 0 Å². The van der Waals surface area contributed by atoms with Crippen molar-refractivity contribution in [3.8, 4) is 0 Å². The van der Waals surface area contributed by atoms with E-state index in [1.807, 2.05) is 6.07 Å². The van der Waals surface area contributed by atoms with E-state index in [2.05, 4.69) is 35.3 Å². The van der Waals surface area contributed by atoms with Crippen LogP contribution < -0.4 is 10.2 Å². The summed E-state index contributed by atoms with van der Waals surface area (Å²) in [5.41, 5.74) is 4.89. The molecular weight excluding hydrogens is 275 g/mol. The maximum atomic E-state index is 13.3. The molecule has 0 atom stereocenters. The highest BCUT2D eigenvalue weighted by Crippen LogP contribution is 2.34. The van der Waals surface area contributed by atoms with Gasteiger partial charge in [0.25, 0.3) is 0 Å². The summed E-state index contributed by atoms with van der Waals surface area (Å²) in [5.74, 6) is -0.179. The highest BCUT2D eigenvalue weighted by Gasteiger charge is 2.19. The number of hydrogen-bond acceptors (Lipinski definition) is 2. The standard InChI is InChI=1S/C19H23FN2/c1-2-11-22-12-5-8-16-7-4-10-18(19(16)22)21-14-15-6-3-9-17(20)13-15/h3-4,6-7,9-10,13,21H,2,5,8,11-12,14H2,1H3. The molecule has 0 unspecified atom stereocenters. The van der Waals surface area contributed by atoms with Crippen molar-refractivity contribution in [3.05, 3.63) is 59.4 Å². The zero-order chi connectivity index (χ0) is 15.4. The molecule has 0 aliphatic carbocycles. The first-order valence-electron chi connectivity index (χ1n) is 8.13. The lowest BCUT2D eigenvalue weighted by atomic mass is 10.00. The molecule has 22 heavy (non-hydrogen) atoms. The molecule has 1 N–H and O–H groups in total. The second kappa shape index (κ2) is 6.82. The molecule has 2 nitrogen and oxygen atoms in total. The van der Waals surface area contributed by atoms with Crippen LogP contribution in [-0.2, 0) is 13.0 Å². The van der Waals surface area contributed by atoms with Crippen molar-refractivity contribution in [1.82, 2.24) is 0 Å². The minimum absolute atomic E-state index is 0.179. The molecule has 0 saturated carbocycles. The van der Waals surface area contributed by atoms with Gasteiger partial charge >= 0.3 is 0 Å². The molecule has 0 bridgehead atoms. The lowest BCUT2D eigenvalue weighted by Gasteiger charge is -2.33. The molecule has 0 fully saturated rings. The second-order valence-corrected chi connectivity index (χ2v) is 5.89. The Bertz CT molecular complexity index is 639. The fourth-order valence-corrected chi connectivity index (χ4v) is 3.22. The summed E-state index contributed by atoms with van der Waals surface area (Å²) in [4.78, 5) is 2.48. The van der Waals surface area contributed by atoms with Gasteiger partial charge in [-0.1, -0.05) is 31.2 Å². The maximum Gasteiger partial charge on any atom is 0.123 e. The third kappa shape index (κ3) is 3.24. The van der Waals surface area contributed by atoms with Crippen molar-refractivity contribution >= 4 is 11.4 Å². The number of hydrogen-bond donors (Lipinski definition) is 1. The first kappa shape index (κ1) is 14.9. The van der Waals surface area contributed by atoms with E-state index in [1.54, 1.807) is 12.1 Å². The van der Waals surface area contributed by atoms with Gasteiger partial charge in [-0.3, -0.25) is 0 Å². The molecule has 116 valence electrons. The number of aryl methyl sites for hydroxylation is 1. The molecule has 3 heteroatoms. The van der Waals surface area contributed by atoms with Crippen molar-refractivity contribution < 1.29 is 4.39 Å². The predicted molar refractivity (Wildman–Crippen MR) is 91.0 cm³/mol. The molecule has 2 aromatic carbocycles. The van der Waals surface area contributed by atoms with Crippen LogP contribution in [0.25, 0.3) is 0 Å². The average Bonchev–Trinajstić information content (AvgIpc) is 2.53. The highest BCUT2D eigenvalue weighted by atomic mass is 19.1. The van der Waals surface area contributed by atoms with E-state index in [4.69, 9.17) is 0 Å². The third-order valence-corrected chi connectivity index (χ3v) is 4.18. The van der Waals surface area contributed by atoms with Crippen molar-refractivity contribution in [1.29, 1.82) is 0 Å². The molecule has 1 aliphatic heterocycles. The first-order valence-corrected chi connectivity index (χ1v) is 8.13. The zero-order valence-electron chi connectivity index (χ0n) is 13.1. The minimum atomic E-state index is -0.179. The van der Waals surface area contributed by atoms with Crippen LogP contribution in [0.1, 0.15) is 30.9 Å². The maximum absolute atomic E-state index is 13.3.